The molecule has 0 saturated carbocycles. The Bertz CT molecular complexity index is 1440. The van der Waals surface area contributed by atoms with E-state index in [1.165, 1.54) is 35.6 Å². The molecule has 1 aliphatic rings. The molecular formula is C36H48N4O6S2. The molecule has 0 radical (unpaired) electrons. The van der Waals surface area contributed by atoms with Gasteiger partial charge in [-0.25, -0.2) is 9.78 Å². The monoisotopic (exact) mass is 696 g/mol. The molecule has 0 unspecified atom stereocenters. The maximum Gasteiger partial charge on any atom is 0.329 e. The molecule has 3 N–H and O–H groups in total. The minimum atomic E-state index is -1.04. The highest BCUT2D eigenvalue weighted by atomic mass is 32.2. The van der Waals surface area contributed by atoms with Gasteiger partial charge in [0.1, 0.15) is 28.5 Å². The third-order valence-corrected chi connectivity index (χ3v) is 9.62. The van der Waals surface area contributed by atoms with Gasteiger partial charge in [-0.3, -0.25) is 19.2 Å². The number of allylic oxidation sites excluding steroid dienone is 2. The quantitative estimate of drug-likeness (QED) is 0.0973. The van der Waals surface area contributed by atoms with Gasteiger partial charge < -0.3 is 20.7 Å². The average Bonchev–Trinajstić information content (AvgIpc) is 3.56. The van der Waals surface area contributed by atoms with Gasteiger partial charge in [-0.15, -0.1) is 11.3 Å². The predicted octanol–water partition coefficient (Wildman–Crippen LogP) is 6.20. The fourth-order valence-corrected chi connectivity index (χ4v) is 6.63. The summed E-state index contributed by atoms with van der Waals surface area (Å²) in [5, 5.41) is 10.6. The molecule has 0 fully saturated rings. The number of hydrogen-bond acceptors (Lipinski definition) is 9. The maximum absolute atomic E-state index is 13.5. The Morgan fingerprint density at radius 3 is 2.52 bits per heavy atom. The highest BCUT2D eigenvalue weighted by molar-refractivity contribution is 8.13. The third kappa shape index (κ3) is 13.0. The van der Waals surface area contributed by atoms with Gasteiger partial charge in [0.25, 0.3) is 11.8 Å². The van der Waals surface area contributed by atoms with Crippen LogP contribution in [0.4, 0.5) is 0 Å². The van der Waals surface area contributed by atoms with Crippen LogP contribution in [0.25, 0.3) is 0 Å². The summed E-state index contributed by atoms with van der Waals surface area (Å²) in [5.74, 6) is -2.09. The maximum atomic E-state index is 13.5. The zero-order valence-corrected chi connectivity index (χ0v) is 29.9. The lowest BCUT2D eigenvalue weighted by Crippen LogP contribution is -2.48. The SMILES string of the molecule is C/C=C1\NC(=O)c2csc(n2)[C@H](Cc2ccccc2)NC(=O)C[C@@H](/C=C/CCSC(=O)CCCCCCC)OC(=O)[C@H](C(C)C)NC1=O. The summed E-state index contributed by atoms with van der Waals surface area (Å²) in [7, 11) is 0. The van der Waals surface area contributed by atoms with Crippen LogP contribution < -0.4 is 16.0 Å². The van der Waals surface area contributed by atoms with Crippen molar-refractivity contribution in [2.75, 3.05) is 5.75 Å². The number of nitrogens with zero attached hydrogens (tertiary/aromatic N) is 1. The van der Waals surface area contributed by atoms with E-state index in [2.05, 4.69) is 27.9 Å². The zero-order valence-electron chi connectivity index (χ0n) is 28.3. The summed E-state index contributed by atoms with van der Waals surface area (Å²) in [4.78, 5) is 70.0. The lowest BCUT2D eigenvalue weighted by molar-refractivity contribution is -0.153. The van der Waals surface area contributed by atoms with Crippen molar-refractivity contribution in [2.24, 2.45) is 5.92 Å². The van der Waals surface area contributed by atoms with Crippen molar-refractivity contribution in [3.63, 3.8) is 0 Å². The Balaban J connectivity index is 1.82. The van der Waals surface area contributed by atoms with Crippen molar-refractivity contribution in [1.29, 1.82) is 0 Å². The van der Waals surface area contributed by atoms with Crippen LogP contribution in [0.3, 0.4) is 0 Å². The van der Waals surface area contributed by atoms with E-state index in [1.807, 2.05) is 36.4 Å². The molecular weight excluding hydrogens is 649 g/mol. The van der Waals surface area contributed by atoms with Gasteiger partial charge in [0.05, 0.1) is 12.5 Å². The Morgan fingerprint density at radius 2 is 1.81 bits per heavy atom. The summed E-state index contributed by atoms with van der Waals surface area (Å²) in [6, 6.07) is 8.00. The van der Waals surface area contributed by atoms with Crippen molar-refractivity contribution in [3.8, 4) is 0 Å². The van der Waals surface area contributed by atoms with E-state index < -0.39 is 36.0 Å². The van der Waals surface area contributed by atoms with Crippen LogP contribution in [-0.4, -0.2) is 51.7 Å². The molecule has 2 aromatic rings. The van der Waals surface area contributed by atoms with Crippen molar-refractivity contribution in [3.05, 3.63) is 75.9 Å². The molecule has 0 aliphatic carbocycles. The molecule has 3 amide bonds. The number of unbranched alkanes of at least 4 members (excludes halogenated alkanes) is 4. The van der Waals surface area contributed by atoms with E-state index in [0.717, 1.165) is 31.2 Å². The summed E-state index contributed by atoms with van der Waals surface area (Å²) < 4.78 is 5.83. The van der Waals surface area contributed by atoms with Gasteiger partial charge >= 0.3 is 5.97 Å². The van der Waals surface area contributed by atoms with Crippen LogP contribution in [0.15, 0.2) is 59.6 Å². The number of thiazole rings is 1. The molecule has 0 spiro atoms. The number of carbonyl (C=O) groups is 5. The molecule has 0 saturated heterocycles. The number of fused-ring (bicyclic) bond motifs is 2. The van der Waals surface area contributed by atoms with Crippen LogP contribution in [0.1, 0.15) is 106 Å². The number of amides is 3. The molecule has 260 valence electrons. The van der Waals surface area contributed by atoms with Crippen LogP contribution in [-0.2, 0) is 30.3 Å². The highest BCUT2D eigenvalue weighted by Gasteiger charge is 2.31. The van der Waals surface area contributed by atoms with Gasteiger partial charge in [-0.1, -0.05) is 101 Å². The normalized spacial score (nSPS) is 20.4. The standard InChI is InChI=1S/C36H48N4O6S2/c1-5-7-8-9-13-19-31(42)47-20-15-14-18-26-22-30(41)37-28(21-25-16-11-10-12-17-25)35-39-29(23-48-35)34(44)38-27(6-2)33(43)40-32(24(3)4)36(45)46-26/h6,10-12,14,16-18,23-24,26,28,32H,5,7-9,13,15,19-22H2,1-4H3,(H,37,41)(H,38,44)(H,40,43)/b18-14+,27-6-/t26-,28+,32+/m1/s1. The summed E-state index contributed by atoms with van der Waals surface area (Å²) in [5.41, 5.74) is 1.04. The number of nitrogens with one attached hydrogen (secondary N) is 3. The number of hydrogen-bond donors (Lipinski definition) is 3. The van der Waals surface area contributed by atoms with Crippen molar-refractivity contribution in [2.45, 2.75) is 104 Å². The number of rotatable bonds is 13. The number of aromatic nitrogens is 1. The second kappa shape index (κ2) is 20.6. The minimum Gasteiger partial charge on any atom is -0.456 e. The summed E-state index contributed by atoms with van der Waals surface area (Å²) >= 11 is 2.52. The number of thioether (sulfide) groups is 1. The molecule has 2 heterocycles. The number of ether oxygens (including phenoxy) is 1. The zero-order chi connectivity index (χ0) is 34.9. The first kappa shape index (κ1) is 38.7. The smallest absolute Gasteiger partial charge is 0.329 e. The summed E-state index contributed by atoms with van der Waals surface area (Å²) in [6.07, 6.45) is 10.8. The number of esters is 1. The van der Waals surface area contributed by atoms with E-state index in [0.29, 0.717) is 30.0 Å². The Morgan fingerprint density at radius 1 is 1.06 bits per heavy atom. The number of carbonyl (C=O) groups excluding carboxylic acids is 5. The van der Waals surface area contributed by atoms with Gasteiger partial charge in [0.15, 0.2) is 5.12 Å². The second-order valence-electron chi connectivity index (χ2n) is 12.0. The Hall–Kier alpha value is -3.77. The molecule has 10 nitrogen and oxygen atoms in total. The molecule has 3 atom stereocenters. The lowest BCUT2D eigenvalue weighted by Gasteiger charge is -2.25. The van der Waals surface area contributed by atoms with E-state index in [4.69, 9.17) is 4.74 Å². The van der Waals surface area contributed by atoms with E-state index in [9.17, 15) is 24.0 Å². The summed E-state index contributed by atoms with van der Waals surface area (Å²) in [6.45, 7) is 7.29. The fraction of sp³-hybridized carbons (Fsp3) is 0.500. The largest absolute Gasteiger partial charge is 0.456 e. The van der Waals surface area contributed by atoms with Gasteiger partial charge in [0.2, 0.25) is 5.91 Å². The molecule has 2 bridgehead atoms. The predicted molar refractivity (Wildman–Crippen MR) is 190 cm³/mol. The van der Waals surface area contributed by atoms with Gasteiger partial charge in [-0.2, -0.15) is 0 Å². The van der Waals surface area contributed by atoms with Crippen molar-refractivity contribution in [1.82, 2.24) is 20.9 Å². The minimum absolute atomic E-state index is 0.0290. The first-order valence-corrected chi connectivity index (χ1v) is 18.6. The van der Waals surface area contributed by atoms with E-state index >= 15 is 0 Å². The highest BCUT2D eigenvalue weighted by Crippen LogP contribution is 2.24. The van der Waals surface area contributed by atoms with Crippen LogP contribution in [0.2, 0.25) is 0 Å². The number of cyclic esters (lactones) is 1. The van der Waals surface area contributed by atoms with Crippen LogP contribution >= 0.6 is 23.1 Å². The molecule has 3 rings (SSSR count). The van der Waals surface area contributed by atoms with Crippen molar-refractivity contribution < 1.29 is 28.7 Å². The van der Waals surface area contributed by atoms with E-state index in [-0.39, 0.29) is 34.8 Å². The molecule has 48 heavy (non-hydrogen) atoms. The molecule has 12 heteroatoms. The van der Waals surface area contributed by atoms with E-state index in [1.54, 1.807) is 32.2 Å². The van der Waals surface area contributed by atoms with Gasteiger partial charge in [0, 0.05) is 17.6 Å². The van der Waals surface area contributed by atoms with Crippen LogP contribution in [0.5, 0.6) is 0 Å². The molecule has 1 aliphatic heterocycles. The lowest BCUT2D eigenvalue weighted by atomic mass is 10.0. The fourth-order valence-electron chi connectivity index (χ4n) is 5.01. The Labute approximate surface area is 292 Å². The first-order valence-electron chi connectivity index (χ1n) is 16.7. The van der Waals surface area contributed by atoms with Crippen molar-refractivity contribution >= 4 is 51.9 Å². The van der Waals surface area contributed by atoms with Crippen LogP contribution in [0, 0.1) is 5.92 Å². The molecule has 1 aromatic carbocycles. The average molecular weight is 697 g/mol. The van der Waals surface area contributed by atoms with Gasteiger partial charge in [-0.05, 0) is 43.7 Å². The Kier molecular flexibility index (Phi) is 16.6. The number of benzene rings is 1. The third-order valence-electron chi connectivity index (χ3n) is 7.70. The second-order valence-corrected chi connectivity index (χ2v) is 14.1. The first-order chi connectivity index (χ1) is 23.1. The topological polar surface area (TPSA) is 144 Å². The molecule has 1 aromatic heterocycles.